The third-order valence-corrected chi connectivity index (χ3v) is 3.71. The number of nitrogens with zero attached hydrogens (tertiary/aromatic N) is 1. The molecule has 0 heterocycles. The number of anilines is 2. The molecule has 0 saturated carbocycles. The molecule has 2 aromatic rings. The van der Waals surface area contributed by atoms with Crippen LogP contribution in [0.3, 0.4) is 0 Å². The van der Waals surface area contributed by atoms with Gasteiger partial charge in [0.2, 0.25) is 0 Å². The van der Waals surface area contributed by atoms with Crippen molar-refractivity contribution in [2.45, 2.75) is 26.8 Å². The van der Waals surface area contributed by atoms with Crippen LogP contribution in [0.2, 0.25) is 0 Å². The van der Waals surface area contributed by atoms with Gasteiger partial charge < -0.3 is 10.2 Å². The molecule has 0 aliphatic rings. The van der Waals surface area contributed by atoms with E-state index in [1.54, 1.807) is 0 Å². The highest BCUT2D eigenvalue weighted by Gasteiger charge is 2.08. The fourth-order valence-corrected chi connectivity index (χ4v) is 2.47. The Morgan fingerprint density at radius 3 is 2.35 bits per heavy atom. The molecule has 2 nitrogen and oxygen atoms in total. The maximum absolute atomic E-state index is 3.30. The highest BCUT2D eigenvalue weighted by atomic mass is 15.1. The lowest BCUT2D eigenvalue weighted by molar-refractivity contribution is 0.831. The molecule has 0 saturated heterocycles. The quantitative estimate of drug-likeness (QED) is 0.839. The second kappa shape index (κ2) is 6.99. The molecule has 0 aliphatic heterocycles. The topological polar surface area (TPSA) is 15.3 Å². The van der Waals surface area contributed by atoms with Gasteiger partial charge in [-0.3, -0.25) is 0 Å². The summed E-state index contributed by atoms with van der Waals surface area (Å²) >= 11 is 0. The summed E-state index contributed by atoms with van der Waals surface area (Å²) in [5.74, 6) is 0. The van der Waals surface area contributed by atoms with Crippen molar-refractivity contribution < 1.29 is 0 Å². The molecule has 0 amide bonds. The molecule has 2 aromatic carbocycles. The lowest BCUT2D eigenvalue weighted by Gasteiger charge is -2.25. The lowest BCUT2D eigenvalue weighted by Crippen LogP contribution is -2.22. The Kier molecular flexibility index (Phi) is 5.05. The highest BCUT2D eigenvalue weighted by Crippen LogP contribution is 2.22. The average Bonchev–Trinajstić information content (AvgIpc) is 2.53. The predicted octanol–water partition coefficient (Wildman–Crippen LogP) is 4.32. The third kappa shape index (κ3) is 3.32. The molecule has 0 fully saturated rings. The summed E-state index contributed by atoms with van der Waals surface area (Å²) in [5, 5.41) is 3.30. The second-order valence-electron chi connectivity index (χ2n) is 4.94. The molecule has 0 bridgehead atoms. The van der Waals surface area contributed by atoms with Crippen LogP contribution in [0.1, 0.15) is 25.0 Å². The summed E-state index contributed by atoms with van der Waals surface area (Å²) in [6.07, 6.45) is 1.08. The Morgan fingerprint density at radius 1 is 1.00 bits per heavy atom. The molecule has 0 radical (unpaired) electrons. The van der Waals surface area contributed by atoms with Crippen molar-refractivity contribution >= 4 is 11.4 Å². The van der Waals surface area contributed by atoms with Gasteiger partial charge in [0.1, 0.15) is 0 Å². The van der Waals surface area contributed by atoms with Gasteiger partial charge in [0, 0.05) is 31.5 Å². The van der Waals surface area contributed by atoms with Gasteiger partial charge in [-0.05, 0) is 42.7 Å². The number of aryl methyl sites for hydroxylation is 1. The normalized spacial score (nSPS) is 10.3. The number of hydrogen-bond acceptors (Lipinski definition) is 2. The van der Waals surface area contributed by atoms with Crippen LogP contribution in [0.4, 0.5) is 11.4 Å². The van der Waals surface area contributed by atoms with Crippen LogP contribution in [0.5, 0.6) is 0 Å². The van der Waals surface area contributed by atoms with E-state index in [0.717, 1.165) is 19.5 Å². The molecule has 0 aliphatic carbocycles. The molecular formula is C18H24N2. The Balaban J connectivity index is 2.27. The SMILES string of the molecule is CCc1ccc(NC)c(CN(CC)c2ccccc2)c1. The first-order valence-corrected chi connectivity index (χ1v) is 7.38. The Bertz CT molecular complexity index is 534. The molecule has 1 N–H and O–H groups in total. The summed E-state index contributed by atoms with van der Waals surface area (Å²) in [6.45, 7) is 6.34. The first kappa shape index (κ1) is 14.4. The number of benzene rings is 2. The smallest absolute Gasteiger partial charge is 0.0449 e. The van der Waals surface area contributed by atoms with Crippen molar-refractivity contribution in [1.82, 2.24) is 0 Å². The van der Waals surface area contributed by atoms with E-state index in [4.69, 9.17) is 0 Å². The molecule has 20 heavy (non-hydrogen) atoms. The summed E-state index contributed by atoms with van der Waals surface area (Å²) in [6, 6.07) is 17.3. The minimum Gasteiger partial charge on any atom is -0.388 e. The van der Waals surface area contributed by atoms with E-state index in [1.165, 1.54) is 22.5 Å². The van der Waals surface area contributed by atoms with E-state index in [-0.39, 0.29) is 0 Å². The standard InChI is InChI=1S/C18H24N2/c1-4-15-11-12-18(19-3)16(13-15)14-20(5-2)17-9-7-6-8-10-17/h6-13,19H,4-5,14H2,1-3H3. The van der Waals surface area contributed by atoms with Crippen LogP contribution < -0.4 is 10.2 Å². The first-order valence-electron chi connectivity index (χ1n) is 7.38. The van der Waals surface area contributed by atoms with Crippen LogP contribution in [0.25, 0.3) is 0 Å². The van der Waals surface area contributed by atoms with E-state index in [2.05, 4.69) is 72.6 Å². The van der Waals surface area contributed by atoms with E-state index in [0.29, 0.717) is 0 Å². The monoisotopic (exact) mass is 268 g/mol. The van der Waals surface area contributed by atoms with Gasteiger partial charge in [0.15, 0.2) is 0 Å². The minimum atomic E-state index is 0.935. The van der Waals surface area contributed by atoms with Crippen molar-refractivity contribution in [3.63, 3.8) is 0 Å². The number of nitrogens with one attached hydrogen (secondary N) is 1. The fourth-order valence-electron chi connectivity index (χ4n) is 2.47. The van der Waals surface area contributed by atoms with Crippen LogP contribution in [-0.2, 0) is 13.0 Å². The predicted molar refractivity (Wildman–Crippen MR) is 88.5 cm³/mol. The molecule has 0 atom stereocenters. The maximum Gasteiger partial charge on any atom is 0.0449 e. The van der Waals surface area contributed by atoms with Crippen molar-refractivity contribution in [2.75, 3.05) is 23.8 Å². The van der Waals surface area contributed by atoms with Crippen molar-refractivity contribution in [3.05, 3.63) is 59.7 Å². The maximum atomic E-state index is 3.30. The highest BCUT2D eigenvalue weighted by molar-refractivity contribution is 5.55. The molecule has 2 rings (SSSR count). The van der Waals surface area contributed by atoms with Crippen LogP contribution in [-0.4, -0.2) is 13.6 Å². The van der Waals surface area contributed by atoms with Crippen LogP contribution in [0, 0.1) is 0 Å². The fraction of sp³-hybridized carbons (Fsp3) is 0.333. The zero-order valence-corrected chi connectivity index (χ0v) is 12.7. The zero-order valence-electron chi connectivity index (χ0n) is 12.7. The molecule has 0 aromatic heterocycles. The van der Waals surface area contributed by atoms with E-state index in [1.807, 2.05) is 7.05 Å². The summed E-state index contributed by atoms with van der Waals surface area (Å²) < 4.78 is 0. The van der Waals surface area contributed by atoms with Crippen LogP contribution >= 0.6 is 0 Å². The third-order valence-electron chi connectivity index (χ3n) is 3.71. The van der Waals surface area contributed by atoms with Gasteiger partial charge in [-0.25, -0.2) is 0 Å². The van der Waals surface area contributed by atoms with Gasteiger partial charge in [-0.2, -0.15) is 0 Å². The molecule has 0 spiro atoms. The second-order valence-corrected chi connectivity index (χ2v) is 4.94. The zero-order chi connectivity index (χ0) is 14.4. The van der Waals surface area contributed by atoms with Gasteiger partial charge in [0.05, 0.1) is 0 Å². The summed E-state index contributed by atoms with van der Waals surface area (Å²) in [4.78, 5) is 2.40. The largest absolute Gasteiger partial charge is 0.388 e. The molecular weight excluding hydrogens is 244 g/mol. The Hall–Kier alpha value is -1.96. The van der Waals surface area contributed by atoms with Gasteiger partial charge >= 0.3 is 0 Å². The first-order chi connectivity index (χ1) is 9.78. The number of para-hydroxylation sites is 1. The van der Waals surface area contributed by atoms with E-state index in [9.17, 15) is 0 Å². The van der Waals surface area contributed by atoms with Gasteiger partial charge in [0.25, 0.3) is 0 Å². The molecule has 106 valence electrons. The Labute approximate surface area is 122 Å². The average molecular weight is 268 g/mol. The van der Waals surface area contributed by atoms with Crippen molar-refractivity contribution in [2.24, 2.45) is 0 Å². The van der Waals surface area contributed by atoms with Crippen molar-refractivity contribution in [3.8, 4) is 0 Å². The number of rotatable bonds is 6. The lowest BCUT2D eigenvalue weighted by atomic mass is 10.1. The minimum absolute atomic E-state index is 0.935. The number of hydrogen-bond donors (Lipinski definition) is 1. The summed E-state index contributed by atoms with van der Waals surface area (Å²) in [5.41, 5.74) is 5.25. The van der Waals surface area contributed by atoms with Gasteiger partial charge in [-0.1, -0.05) is 37.3 Å². The van der Waals surface area contributed by atoms with E-state index >= 15 is 0 Å². The van der Waals surface area contributed by atoms with Crippen molar-refractivity contribution in [1.29, 1.82) is 0 Å². The Morgan fingerprint density at radius 2 is 1.75 bits per heavy atom. The van der Waals surface area contributed by atoms with Gasteiger partial charge in [-0.15, -0.1) is 0 Å². The van der Waals surface area contributed by atoms with Crippen LogP contribution in [0.15, 0.2) is 48.5 Å². The molecule has 2 heteroatoms. The van der Waals surface area contributed by atoms with E-state index < -0.39 is 0 Å². The summed E-state index contributed by atoms with van der Waals surface area (Å²) in [7, 11) is 1.99. The molecule has 0 unspecified atom stereocenters.